The summed E-state index contributed by atoms with van der Waals surface area (Å²) in [6, 6.07) is 0. The first-order valence-corrected chi connectivity index (χ1v) is 9.61. The minimum Gasteiger partial charge on any atom is -0.378 e. The Hall–Kier alpha value is -1.73. The molecule has 0 spiro atoms. The van der Waals surface area contributed by atoms with E-state index in [9.17, 15) is 9.59 Å². The van der Waals surface area contributed by atoms with Gasteiger partial charge in [-0.05, 0) is 19.3 Å². The van der Waals surface area contributed by atoms with Crippen molar-refractivity contribution in [3.63, 3.8) is 0 Å². The molecule has 0 radical (unpaired) electrons. The average Bonchev–Trinajstić information content (AvgIpc) is 2.87. The topological polar surface area (TPSA) is 71.5 Å². The van der Waals surface area contributed by atoms with Gasteiger partial charge in [-0.3, -0.25) is 9.59 Å². The number of aryl methyl sites for hydroxylation is 2. The Morgan fingerprint density at radius 3 is 2.62 bits per heavy atom. The van der Waals surface area contributed by atoms with E-state index in [-0.39, 0.29) is 17.2 Å². The predicted molar refractivity (Wildman–Crippen MR) is 105 cm³/mol. The fraction of sp³-hybridized carbons (Fsp3) is 0.632. The first-order valence-electron chi connectivity index (χ1n) is 8.79. The molecule has 26 heavy (non-hydrogen) atoms. The van der Waals surface area contributed by atoms with Gasteiger partial charge in [0.25, 0.3) is 0 Å². The third-order valence-corrected chi connectivity index (χ3v) is 5.12. The Balaban J connectivity index is 2.15. The van der Waals surface area contributed by atoms with Crippen LogP contribution in [0.1, 0.15) is 35.8 Å². The molecule has 6 nitrogen and oxygen atoms in total. The predicted octanol–water partition coefficient (Wildman–Crippen LogP) is 2.50. The molecule has 1 heterocycles. The summed E-state index contributed by atoms with van der Waals surface area (Å²) in [6.45, 7) is 13.4. The SMILES string of the molecule is C=CC(C)(C)CC(=O)N(C)CCOCCNC(=O)Cc1sc(C)nc1C. The summed E-state index contributed by atoms with van der Waals surface area (Å²) in [4.78, 5) is 31.0. The van der Waals surface area contributed by atoms with Gasteiger partial charge in [-0.2, -0.15) is 0 Å². The molecule has 0 unspecified atom stereocenters. The van der Waals surface area contributed by atoms with Crippen molar-refractivity contribution < 1.29 is 14.3 Å². The number of nitrogens with zero attached hydrogens (tertiary/aromatic N) is 2. The number of ether oxygens (including phenoxy) is 1. The average molecular weight is 382 g/mol. The minimum absolute atomic E-state index is 0.0284. The molecular weight excluding hydrogens is 350 g/mol. The summed E-state index contributed by atoms with van der Waals surface area (Å²) in [5, 5.41) is 3.82. The van der Waals surface area contributed by atoms with Crippen LogP contribution in [0, 0.1) is 19.3 Å². The molecule has 1 aromatic rings. The van der Waals surface area contributed by atoms with Crippen LogP contribution in [0.5, 0.6) is 0 Å². The van der Waals surface area contributed by atoms with E-state index in [4.69, 9.17) is 4.74 Å². The highest BCUT2D eigenvalue weighted by molar-refractivity contribution is 7.11. The molecule has 0 aliphatic heterocycles. The lowest BCUT2D eigenvalue weighted by Gasteiger charge is -2.24. The molecule has 0 fully saturated rings. The lowest BCUT2D eigenvalue weighted by molar-refractivity contribution is -0.132. The number of amides is 2. The van der Waals surface area contributed by atoms with Crippen molar-refractivity contribution in [1.82, 2.24) is 15.2 Å². The zero-order chi connectivity index (χ0) is 19.7. The second-order valence-electron chi connectivity index (χ2n) is 7.07. The first-order chi connectivity index (χ1) is 12.1. The van der Waals surface area contributed by atoms with Gasteiger partial charge in [0.1, 0.15) is 0 Å². The highest BCUT2D eigenvalue weighted by Gasteiger charge is 2.20. The van der Waals surface area contributed by atoms with Gasteiger partial charge in [-0.15, -0.1) is 17.9 Å². The normalized spacial score (nSPS) is 11.3. The molecular formula is C19H31N3O3S. The van der Waals surface area contributed by atoms with E-state index in [1.54, 1.807) is 29.4 Å². The number of rotatable bonds is 11. The first kappa shape index (κ1) is 22.3. The van der Waals surface area contributed by atoms with E-state index < -0.39 is 0 Å². The Morgan fingerprint density at radius 2 is 2.04 bits per heavy atom. The second kappa shape index (κ2) is 10.4. The van der Waals surface area contributed by atoms with Gasteiger partial charge >= 0.3 is 0 Å². The summed E-state index contributed by atoms with van der Waals surface area (Å²) >= 11 is 1.55. The van der Waals surface area contributed by atoms with Crippen molar-refractivity contribution in [3.8, 4) is 0 Å². The van der Waals surface area contributed by atoms with Crippen LogP contribution >= 0.6 is 11.3 Å². The van der Waals surface area contributed by atoms with E-state index in [0.717, 1.165) is 15.6 Å². The number of allylic oxidation sites excluding steroid dienone is 1. The van der Waals surface area contributed by atoms with E-state index in [1.807, 2.05) is 27.7 Å². The maximum absolute atomic E-state index is 12.1. The van der Waals surface area contributed by atoms with Crippen LogP contribution in [0.2, 0.25) is 0 Å². The number of thiazole rings is 1. The molecule has 7 heteroatoms. The Kier molecular flexibility index (Phi) is 8.95. The summed E-state index contributed by atoms with van der Waals surface area (Å²) < 4.78 is 5.50. The number of carbonyl (C=O) groups excluding carboxylic acids is 2. The number of likely N-dealkylation sites (N-methyl/N-ethyl adjacent to an activating group) is 1. The largest absolute Gasteiger partial charge is 0.378 e. The number of hydrogen-bond acceptors (Lipinski definition) is 5. The van der Waals surface area contributed by atoms with Crippen LogP contribution in [-0.2, 0) is 20.7 Å². The standard InChI is InChI=1S/C19H31N3O3S/c1-7-19(4,5)13-18(24)22(6)9-11-25-10-8-20-17(23)12-16-14(2)21-15(3)26-16/h7H,1,8-13H2,2-6H3,(H,20,23). The molecule has 0 aromatic carbocycles. The summed E-state index contributed by atoms with van der Waals surface area (Å²) in [6.07, 6.45) is 2.58. The molecule has 0 saturated heterocycles. The number of carbonyl (C=O) groups is 2. The van der Waals surface area contributed by atoms with Crippen molar-refractivity contribution in [2.24, 2.45) is 5.41 Å². The Morgan fingerprint density at radius 1 is 1.35 bits per heavy atom. The van der Waals surface area contributed by atoms with Crippen molar-refractivity contribution >= 4 is 23.2 Å². The highest BCUT2D eigenvalue weighted by Crippen LogP contribution is 2.22. The minimum atomic E-state index is -0.203. The van der Waals surface area contributed by atoms with Crippen molar-refractivity contribution in [2.45, 2.75) is 40.5 Å². The number of hydrogen-bond donors (Lipinski definition) is 1. The molecule has 0 saturated carbocycles. The van der Waals surface area contributed by atoms with Gasteiger partial charge in [0.15, 0.2) is 0 Å². The van der Waals surface area contributed by atoms with Crippen LogP contribution in [0.3, 0.4) is 0 Å². The molecule has 0 aliphatic carbocycles. The zero-order valence-electron chi connectivity index (χ0n) is 16.6. The lowest BCUT2D eigenvalue weighted by Crippen LogP contribution is -2.34. The second-order valence-corrected chi connectivity index (χ2v) is 8.35. The monoisotopic (exact) mass is 381 g/mol. The third-order valence-electron chi connectivity index (χ3n) is 4.05. The summed E-state index contributed by atoms with van der Waals surface area (Å²) in [7, 11) is 1.77. The Bertz CT molecular complexity index is 626. The maximum Gasteiger partial charge on any atom is 0.225 e. The molecule has 0 atom stereocenters. The molecule has 0 aliphatic rings. The Labute approximate surface area is 160 Å². The number of nitrogens with one attached hydrogen (secondary N) is 1. The number of aromatic nitrogens is 1. The van der Waals surface area contributed by atoms with E-state index >= 15 is 0 Å². The van der Waals surface area contributed by atoms with Gasteiger partial charge in [-0.1, -0.05) is 19.9 Å². The van der Waals surface area contributed by atoms with E-state index in [1.165, 1.54) is 0 Å². The molecule has 1 N–H and O–H groups in total. The van der Waals surface area contributed by atoms with Crippen molar-refractivity contribution in [2.75, 3.05) is 33.4 Å². The van der Waals surface area contributed by atoms with Gasteiger partial charge < -0.3 is 15.0 Å². The molecule has 146 valence electrons. The van der Waals surface area contributed by atoms with E-state index in [2.05, 4.69) is 16.9 Å². The van der Waals surface area contributed by atoms with Gasteiger partial charge in [0.05, 0.1) is 30.3 Å². The highest BCUT2D eigenvalue weighted by atomic mass is 32.1. The van der Waals surface area contributed by atoms with E-state index in [0.29, 0.717) is 39.1 Å². The third kappa shape index (κ3) is 8.10. The van der Waals surface area contributed by atoms with Crippen LogP contribution in [0.4, 0.5) is 0 Å². The molecule has 1 aromatic heterocycles. The molecule has 2 amide bonds. The summed E-state index contributed by atoms with van der Waals surface area (Å²) in [5.41, 5.74) is 0.720. The fourth-order valence-corrected chi connectivity index (χ4v) is 3.17. The molecule has 1 rings (SSSR count). The zero-order valence-corrected chi connectivity index (χ0v) is 17.4. The van der Waals surface area contributed by atoms with Gasteiger partial charge in [0, 0.05) is 31.4 Å². The maximum atomic E-state index is 12.1. The van der Waals surface area contributed by atoms with Crippen LogP contribution in [0.25, 0.3) is 0 Å². The van der Waals surface area contributed by atoms with Crippen LogP contribution < -0.4 is 5.32 Å². The quantitative estimate of drug-likeness (QED) is 0.472. The smallest absolute Gasteiger partial charge is 0.225 e. The van der Waals surface area contributed by atoms with Crippen molar-refractivity contribution in [3.05, 3.63) is 28.2 Å². The fourth-order valence-electron chi connectivity index (χ4n) is 2.23. The van der Waals surface area contributed by atoms with Crippen LogP contribution in [-0.4, -0.2) is 55.0 Å². The molecule has 0 bridgehead atoms. The van der Waals surface area contributed by atoms with Crippen molar-refractivity contribution in [1.29, 1.82) is 0 Å². The summed E-state index contributed by atoms with van der Waals surface area (Å²) in [5.74, 6) is 0.0429. The lowest BCUT2D eigenvalue weighted by atomic mass is 9.89. The van der Waals surface area contributed by atoms with Gasteiger partial charge in [-0.25, -0.2) is 4.98 Å². The van der Waals surface area contributed by atoms with Gasteiger partial charge in [0.2, 0.25) is 11.8 Å². The van der Waals surface area contributed by atoms with Crippen LogP contribution in [0.15, 0.2) is 12.7 Å².